The Morgan fingerprint density at radius 2 is 0.885 bits per heavy atom. The van der Waals surface area contributed by atoms with Crippen molar-refractivity contribution in [2.75, 3.05) is 4.90 Å². The van der Waals surface area contributed by atoms with Gasteiger partial charge in [-0.1, -0.05) is 164 Å². The van der Waals surface area contributed by atoms with E-state index in [1.54, 1.807) is 0 Å². The van der Waals surface area contributed by atoms with Gasteiger partial charge in [0.1, 0.15) is 11.2 Å². The molecule has 12 aromatic rings. The van der Waals surface area contributed by atoms with E-state index in [1.165, 1.54) is 38.1 Å². The summed E-state index contributed by atoms with van der Waals surface area (Å²) in [5.41, 5.74) is 15.4. The van der Waals surface area contributed by atoms with E-state index in [2.05, 4.69) is 228 Å². The molecule has 0 fully saturated rings. The van der Waals surface area contributed by atoms with Crippen molar-refractivity contribution in [2.45, 2.75) is 0 Å². The lowest BCUT2D eigenvalue weighted by atomic mass is 9.95. The van der Waals surface area contributed by atoms with Crippen LogP contribution < -0.4 is 4.90 Å². The van der Waals surface area contributed by atoms with Crippen LogP contribution in [0.15, 0.2) is 235 Å². The van der Waals surface area contributed by atoms with E-state index in [1.807, 2.05) is 12.1 Å². The lowest BCUT2D eigenvalue weighted by Gasteiger charge is -2.30. The highest BCUT2D eigenvalue weighted by molar-refractivity contribution is 6.10. The van der Waals surface area contributed by atoms with Gasteiger partial charge in [-0.3, -0.25) is 0 Å². The predicted octanol–water partition coefficient (Wildman–Crippen LogP) is 16.3. The molecule has 2 heterocycles. The van der Waals surface area contributed by atoms with Crippen LogP contribution in [-0.2, 0) is 0 Å². The van der Waals surface area contributed by atoms with Gasteiger partial charge in [-0.25, -0.2) is 0 Å². The average molecular weight is 779 g/mol. The zero-order valence-electron chi connectivity index (χ0n) is 33.2. The largest absolute Gasteiger partial charge is 0.456 e. The summed E-state index contributed by atoms with van der Waals surface area (Å²) in [6.07, 6.45) is 0. The number of hydrogen-bond acceptors (Lipinski definition) is 2. The van der Waals surface area contributed by atoms with E-state index in [-0.39, 0.29) is 0 Å². The summed E-state index contributed by atoms with van der Waals surface area (Å²) in [5, 5.41) is 7.20. The Kier molecular flexibility index (Phi) is 8.17. The average Bonchev–Trinajstić information content (AvgIpc) is 3.88. The molecule has 3 heteroatoms. The Hall–Kier alpha value is -8.14. The Labute approximate surface area is 353 Å². The molecule has 0 bridgehead atoms. The Bertz CT molecular complexity index is 3550. The number of nitrogens with zero attached hydrogens (tertiary/aromatic N) is 2. The molecular weight excluding hydrogens is 741 g/mol. The van der Waals surface area contributed by atoms with E-state index >= 15 is 0 Å². The number of benzene rings is 10. The van der Waals surface area contributed by atoms with Crippen molar-refractivity contribution < 1.29 is 4.42 Å². The van der Waals surface area contributed by atoms with Gasteiger partial charge >= 0.3 is 0 Å². The molecule has 10 aromatic carbocycles. The zero-order chi connectivity index (χ0) is 40.3. The third-order valence-electron chi connectivity index (χ3n) is 12.2. The molecule has 3 nitrogen and oxygen atoms in total. The van der Waals surface area contributed by atoms with Crippen LogP contribution in [0.1, 0.15) is 0 Å². The molecule has 0 aliphatic heterocycles. The first kappa shape index (κ1) is 34.9. The van der Waals surface area contributed by atoms with E-state index in [0.29, 0.717) is 0 Å². The summed E-state index contributed by atoms with van der Waals surface area (Å²) >= 11 is 0. The van der Waals surface area contributed by atoms with Gasteiger partial charge < -0.3 is 13.9 Å². The number of anilines is 3. The summed E-state index contributed by atoms with van der Waals surface area (Å²) in [5.74, 6) is 0. The van der Waals surface area contributed by atoms with Crippen LogP contribution >= 0.6 is 0 Å². The van der Waals surface area contributed by atoms with Crippen molar-refractivity contribution in [3.8, 4) is 39.1 Å². The maximum atomic E-state index is 6.42. The summed E-state index contributed by atoms with van der Waals surface area (Å²) < 4.78 is 8.80. The van der Waals surface area contributed by atoms with Gasteiger partial charge in [0.05, 0.1) is 22.4 Å². The van der Waals surface area contributed by atoms with Crippen molar-refractivity contribution >= 4 is 71.6 Å². The van der Waals surface area contributed by atoms with Gasteiger partial charge in [-0.15, -0.1) is 0 Å². The number of para-hydroxylation sites is 5. The van der Waals surface area contributed by atoms with Gasteiger partial charge in [-0.05, 0) is 99.8 Å². The van der Waals surface area contributed by atoms with Crippen LogP contribution in [0.4, 0.5) is 17.1 Å². The molecule has 0 saturated heterocycles. The number of hydrogen-bond donors (Lipinski definition) is 0. The highest BCUT2D eigenvalue weighted by Crippen LogP contribution is 2.47. The number of aromatic nitrogens is 1. The molecule has 61 heavy (non-hydrogen) atoms. The minimum absolute atomic E-state index is 0.878. The second kappa shape index (κ2) is 14.3. The van der Waals surface area contributed by atoms with Crippen LogP contribution in [0, 0.1) is 0 Å². The highest BCUT2D eigenvalue weighted by Gasteiger charge is 2.22. The van der Waals surface area contributed by atoms with E-state index < -0.39 is 0 Å². The van der Waals surface area contributed by atoms with E-state index in [4.69, 9.17) is 4.42 Å². The molecule has 2 aromatic heterocycles. The smallest absolute Gasteiger partial charge is 0.136 e. The second-order valence-electron chi connectivity index (χ2n) is 15.7. The molecule has 0 unspecified atom stereocenters. The first-order chi connectivity index (χ1) is 30.3. The van der Waals surface area contributed by atoms with Crippen LogP contribution in [0.5, 0.6) is 0 Å². The summed E-state index contributed by atoms with van der Waals surface area (Å²) in [7, 11) is 0. The maximum Gasteiger partial charge on any atom is 0.136 e. The fourth-order valence-corrected chi connectivity index (χ4v) is 9.40. The van der Waals surface area contributed by atoms with Gasteiger partial charge in [0, 0.05) is 44.0 Å². The first-order valence-corrected chi connectivity index (χ1v) is 20.8. The minimum Gasteiger partial charge on any atom is -0.456 e. The Morgan fingerprint density at radius 1 is 0.328 bits per heavy atom. The normalized spacial score (nSPS) is 11.6. The molecular formula is C58H38N2O. The fraction of sp³-hybridized carbons (Fsp3) is 0. The van der Waals surface area contributed by atoms with Crippen molar-refractivity contribution in [3.05, 3.63) is 231 Å². The molecule has 0 atom stereocenters. The fourth-order valence-electron chi connectivity index (χ4n) is 9.40. The zero-order valence-corrected chi connectivity index (χ0v) is 33.2. The van der Waals surface area contributed by atoms with Gasteiger partial charge in [0.25, 0.3) is 0 Å². The van der Waals surface area contributed by atoms with Crippen LogP contribution in [0.25, 0.3) is 93.6 Å². The van der Waals surface area contributed by atoms with Gasteiger partial charge in [-0.2, -0.15) is 0 Å². The SMILES string of the molecule is c1cc(-c2ccc(N(c3ccccc3-c3ccc4c(c3)oc3ccccc34)c3ccccc3-c3cccc4ccccc34)cc2)cc(-n2c3ccccc3c3ccccc32)c1. The molecule has 286 valence electrons. The molecule has 0 N–H and O–H groups in total. The summed E-state index contributed by atoms with van der Waals surface area (Å²) in [6, 6.07) is 83.0. The van der Waals surface area contributed by atoms with Gasteiger partial charge in [0.15, 0.2) is 0 Å². The molecule has 0 amide bonds. The highest BCUT2D eigenvalue weighted by atomic mass is 16.3. The molecule has 12 rings (SSSR count). The third kappa shape index (κ3) is 5.82. The molecule has 0 aliphatic rings. The Morgan fingerprint density at radius 3 is 1.67 bits per heavy atom. The standard InChI is InChI=1S/C58H38N2O/c1-2-19-45-40(15-1)16-14-25-47(45)48-21-4-9-27-54(48)59(53-26-8-3-20-46(53)42-33-36-52-51-24-7-12-30-57(51)61-58(52)38-42)43-34-31-39(32-35-43)41-17-13-18-44(37-41)60-55-28-10-5-22-49(55)50-23-6-11-29-56(50)60/h1-38H. The molecule has 0 aliphatic carbocycles. The van der Waals surface area contributed by atoms with Crippen LogP contribution in [-0.4, -0.2) is 4.57 Å². The van der Waals surface area contributed by atoms with Crippen molar-refractivity contribution in [3.63, 3.8) is 0 Å². The number of fused-ring (bicyclic) bond motifs is 7. The van der Waals surface area contributed by atoms with Crippen molar-refractivity contribution in [1.29, 1.82) is 0 Å². The van der Waals surface area contributed by atoms with E-state index in [0.717, 1.165) is 72.5 Å². The van der Waals surface area contributed by atoms with E-state index in [9.17, 15) is 0 Å². The second-order valence-corrected chi connectivity index (χ2v) is 15.7. The summed E-state index contributed by atoms with van der Waals surface area (Å²) in [6.45, 7) is 0. The van der Waals surface area contributed by atoms with Crippen LogP contribution in [0.3, 0.4) is 0 Å². The topological polar surface area (TPSA) is 21.3 Å². The lowest BCUT2D eigenvalue weighted by Crippen LogP contribution is -2.12. The summed E-state index contributed by atoms with van der Waals surface area (Å²) in [4.78, 5) is 2.42. The number of rotatable bonds is 7. The molecule has 0 saturated carbocycles. The Balaban J connectivity index is 1.02. The first-order valence-electron chi connectivity index (χ1n) is 20.8. The van der Waals surface area contributed by atoms with Crippen molar-refractivity contribution in [1.82, 2.24) is 4.57 Å². The minimum atomic E-state index is 0.878. The maximum absolute atomic E-state index is 6.42. The van der Waals surface area contributed by atoms with Crippen molar-refractivity contribution in [2.24, 2.45) is 0 Å². The monoisotopic (exact) mass is 778 g/mol. The molecule has 0 radical (unpaired) electrons. The third-order valence-corrected chi connectivity index (χ3v) is 12.2. The molecule has 0 spiro atoms. The number of furan rings is 1. The van der Waals surface area contributed by atoms with Gasteiger partial charge in [0.2, 0.25) is 0 Å². The predicted molar refractivity (Wildman–Crippen MR) is 257 cm³/mol. The van der Waals surface area contributed by atoms with Crippen LogP contribution in [0.2, 0.25) is 0 Å². The lowest BCUT2D eigenvalue weighted by molar-refractivity contribution is 0.669. The quantitative estimate of drug-likeness (QED) is 0.161.